The van der Waals surface area contributed by atoms with E-state index in [9.17, 15) is 4.39 Å². The third-order valence-electron chi connectivity index (χ3n) is 4.74. The monoisotopic (exact) mass is 309 g/mol. The Bertz CT molecular complexity index is 797. The molecule has 2 aromatic carbocycles. The van der Waals surface area contributed by atoms with Crippen molar-refractivity contribution in [2.45, 2.75) is 30.9 Å². The van der Waals surface area contributed by atoms with Gasteiger partial charge in [-0.1, -0.05) is 35.4 Å². The fraction of sp³-hybridized carbons (Fsp3) is 0.333. The van der Waals surface area contributed by atoms with Crippen LogP contribution < -0.4 is 0 Å². The van der Waals surface area contributed by atoms with E-state index in [2.05, 4.69) is 22.2 Å². The van der Waals surface area contributed by atoms with Gasteiger partial charge in [0.15, 0.2) is 0 Å². The van der Waals surface area contributed by atoms with Gasteiger partial charge in [-0.15, -0.1) is 0 Å². The third-order valence-corrected chi connectivity index (χ3v) is 4.74. The van der Waals surface area contributed by atoms with E-state index in [1.165, 1.54) is 23.3 Å². The minimum absolute atomic E-state index is 0.0117. The van der Waals surface area contributed by atoms with Crippen molar-refractivity contribution in [2.24, 2.45) is 5.11 Å². The van der Waals surface area contributed by atoms with E-state index in [1.807, 2.05) is 12.1 Å². The first-order chi connectivity index (χ1) is 11.3. The van der Waals surface area contributed by atoms with Gasteiger partial charge in [-0.2, -0.15) is 0 Å². The SMILES string of the molecule is [N-]=[N+]=N[C@@H]1c2cc(F)ccc2Cc2ccccc2[C@H]1C[C@H]1CO1. The lowest BCUT2D eigenvalue weighted by molar-refractivity contribution is 0.365. The fourth-order valence-corrected chi connectivity index (χ4v) is 3.59. The average molecular weight is 309 g/mol. The molecule has 1 saturated heterocycles. The van der Waals surface area contributed by atoms with Gasteiger partial charge < -0.3 is 4.74 Å². The minimum atomic E-state index is -0.404. The summed E-state index contributed by atoms with van der Waals surface area (Å²) in [5.41, 5.74) is 13.3. The molecule has 1 aliphatic heterocycles. The molecule has 4 nitrogen and oxygen atoms in total. The normalized spacial score (nSPS) is 24.8. The highest BCUT2D eigenvalue weighted by Crippen LogP contribution is 2.45. The van der Waals surface area contributed by atoms with Crippen LogP contribution in [0.2, 0.25) is 0 Å². The molecule has 0 bridgehead atoms. The number of hydrogen-bond donors (Lipinski definition) is 0. The van der Waals surface area contributed by atoms with Crippen molar-refractivity contribution < 1.29 is 9.13 Å². The lowest BCUT2D eigenvalue weighted by atomic mass is 9.84. The van der Waals surface area contributed by atoms with Crippen molar-refractivity contribution in [1.29, 1.82) is 0 Å². The molecule has 4 rings (SSSR count). The highest BCUT2D eigenvalue weighted by atomic mass is 19.1. The van der Waals surface area contributed by atoms with E-state index >= 15 is 0 Å². The van der Waals surface area contributed by atoms with Crippen LogP contribution in [0.3, 0.4) is 0 Å². The average Bonchev–Trinajstić information content (AvgIpc) is 3.38. The largest absolute Gasteiger partial charge is 0.373 e. The predicted octanol–water partition coefficient (Wildman–Crippen LogP) is 4.65. The van der Waals surface area contributed by atoms with Crippen LogP contribution in [0, 0.1) is 5.82 Å². The molecule has 1 heterocycles. The van der Waals surface area contributed by atoms with Gasteiger partial charge in [-0.3, -0.25) is 0 Å². The number of nitrogens with zero attached hydrogens (tertiary/aromatic N) is 3. The maximum Gasteiger partial charge on any atom is 0.123 e. The van der Waals surface area contributed by atoms with Gasteiger partial charge in [0.1, 0.15) is 5.82 Å². The third kappa shape index (κ3) is 2.69. The highest BCUT2D eigenvalue weighted by Gasteiger charge is 2.36. The van der Waals surface area contributed by atoms with E-state index < -0.39 is 6.04 Å². The maximum absolute atomic E-state index is 13.8. The quantitative estimate of drug-likeness (QED) is 0.352. The van der Waals surface area contributed by atoms with E-state index in [1.54, 1.807) is 6.07 Å². The Labute approximate surface area is 133 Å². The number of halogens is 1. The second kappa shape index (κ2) is 5.69. The number of ether oxygens (including phenoxy) is 1. The minimum Gasteiger partial charge on any atom is -0.373 e. The van der Waals surface area contributed by atoms with Crippen LogP contribution in [-0.4, -0.2) is 12.7 Å². The van der Waals surface area contributed by atoms with Crippen molar-refractivity contribution >= 4 is 0 Å². The van der Waals surface area contributed by atoms with Gasteiger partial charge in [-0.25, -0.2) is 4.39 Å². The van der Waals surface area contributed by atoms with Crippen LogP contribution in [0.4, 0.5) is 4.39 Å². The summed E-state index contributed by atoms with van der Waals surface area (Å²) in [5.74, 6) is -0.285. The van der Waals surface area contributed by atoms with Crippen LogP contribution in [0.1, 0.15) is 40.6 Å². The van der Waals surface area contributed by atoms with Crippen molar-refractivity contribution in [2.75, 3.05) is 6.61 Å². The summed E-state index contributed by atoms with van der Waals surface area (Å²) >= 11 is 0. The Morgan fingerprint density at radius 1 is 1.17 bits per heavy atom. The molecule has 23 heavy (non-hydrogen) atoms. The lowest BCUT2D eigenvalue weighted by Crippen LogP contribution is -2.12. The molecule has 116 valence electrons. The van der Waals surface area contributed by atoms with Gasteiger partial charge in [0, 0.05) is 4.91 Å². The van der Waals surface area contributed by atoms with E-state index in [0.29, 0.717) is 0 Å². The summed E-state index contributed by atoms with van der Waals surface area (Å²) in [6, 6.07) is 12.6. The zero-order valence-corrected chi connectivity index (χ0v) is 12.5. The number of azide groups is 1. The molecule has 0 unspecified atom stereocenters. The highest BCUT2D eigenvalue weighted by molar-refractivity contribution is 5.45. The van der Waals surface area contributed by atoms with Crippen molar-refractivity contribution in [3.8, 4) is 0 Å². The predicted molar refractivity (Wildman–Crippen MR) is 84.6 cm³/mol. The fourth-order valence-electron chi connectivity index (χ4n) is 3.59. The van der Waals surface area contributed by atoms with Crippen LogP contribution >= 0.6 is 0 Å². The lowest BCUT2D eigenvalue weighted by Gasteiger charge is -2.24. The summed E-state index contributed by atoms with van der Waals surface area (Å²) in [6.07, 6.45) is 1.72. The van der Waals surface area contributed by atoms with Crippen molar-refractivity contribution in [3.05, 3.63) is 81.0 Å². The van der Waals surface area contributed by atoms with E-state index in [-0.39, 0.29) is 17.8 Å². The molecule has 0 radical (unpaired) electrons. The second-order valence-electron chi connectivity index (χ2n) is 6.17. The van der Waals surface area contributed by atoms with Gasteiger partial charge in [0.2, 0.25) is 0 Å². The number of rotatable bonds is 3. The molecule has 5 heteroatoms. The molecule has 3 atom stereocenters. The molecule has 1 fully saturated rings. The number of hydrogen-bond acceptors (Lipinski definition) is 2. The molecule has 0 N–H and O–H groups in total. The molecule has 0 saturated carbocycles. The molecular formula is C18H16FN3O. The molecule has 0 aromatic heterocycles. The molecule has 2 aromatic rings. The van der Waals surface area contributed by atoms with Crippen molar-refractivity contribution in [3.63, 3.8) is 0 Å². The summed E-state index contributed by atoms with van der Waals surface area (Å²) < 4.78 is 19.2. The first-order valence-corrected chi connectivity index (χ1v) is 7.78. The topological polar surface area (TPSA) is 61.3 Å². The van der Waals surface area contributed by atoms with E-state index in [0.717, 1.165) is 30.6 Å². The first-order valence-electron chi connectivity index (χ1n) is 7.78. The first kappa shape index (κ1) is 14.2. The summed E-state index contributed by atoms with van der Waals surface area (Å²) in [7, 11) is 0. The van der Waals surface area contributed by atoms with Gasteiger partial charge >= 0.3 is 0 Å². The van der Waals surface area contributed by atoms with E-state index in [4.69, 9.17) is 10.3 Å². The van der Waals surface area contributed by atoms with Gasteiger partial charge in [-0.05, 0) is 58.7 Å². The Morgan fingerprint density at radius 3 is 2.74 bits per heavy atom. The van der Waals surface area contributed by atoms with Gasteiger partial charge in [0.25, 0.3) is 0 Å². The summed E-state index contributed by atoms with van der Waals surface area (Å²) in [4.78, 5) is 3.04. The maximum atomic E-state index is 13.8. The van der Waals surface area contributed by atoms with Crippen LogP contribution in [0.15, 0.2) is 47.6 Å². The molecule has 0 amide bonds. The van der Waals surface area contributed by atoms with Crippen LogP contribution in [0.25, 0.3) is 10.4 Å². The smallest absolute Gasteiger partial charge is 0.123 e. The zero-order valence-electron chi connectivity index (χ0n) is 12.5. The van der Waals surface area contributed by atoms with Crippen LogP contribution in [0.5, 0.6) is 0 Å². The Morgan fingerprint density at radius 2 is 1.96 bits per heavy atom. The summed E-state index contributed by atoms with van der Waals surface area (Å²) in [5, 5.41) is 4.05. The number of benzene rings is 2. The molecular weight excluding hydrogens is 293 g/mol. The summed E-state index contributed by atoms with van der Waals surface area (Å²) in [6.45, 7) is 0.748. The molecule has 0 spiro atoms. The standard InChI is InChI=1S/C18H16FN3O/c19-13-6-5-12-7-11-3-1-2-4-15(11)17(9-14-10-23-14)18(21-22-20)16(12)8-13/h1-6,8,14,17-18H,7,9-10H2/t14-,17+,18+/m0/s1. The Kier molecular flexibility index (Phi) is 3.52. The molecule has 1 aliphatic carbocycles. The number of epoxide rings is 1. The Hall–Kier alpha value is -2.36. The number of fused-ring (bicyclic) bond motifs is 2. The van der Waals surface area contributed by atoms with Crippen LogP contribution in [-0.2, 0) is 11.2 Å². The zero-order chi connectivity index (χ0) is 15.8. The molecule has 2 aliphatic rings. The van der Waals surface area contributed by atoms with Crippen molar-refractivity contribution in [1.82, 2.24) is 0 Å². The van der Waals surface area contributed by atoms with Gasteiger partial charge in [0.05, 0.1) is 18.8 Å². The Balaban J connectivity index is 1.91. The second-order valence-corrected chi connectivity index (χ2v) is 6.17.